The third-order valence-corrected chi connectivity index (χ3v) is 1.83. The van der Waals surface area contributed by atoms with Gasteiger partial charge in [-0.15, -0.1) is 0 Å². The molecule has 0 spiro atoms. The van der Waals surface area contributed by atoms with Gasteiger partial charge in [0, 0.05) is 17.8 Å². The largest absolute Gasteiger partial charge is 0.385 e. The number of nitrogens with one attached hydrogen (secondary N) is 2. The molecule has 0 unspecified atom stereocenters. The van der Waals surface area contributed by atoms with Crippen LogP contribution in [0.2, 0.25) is 0 Å². The van der Waals surface area contributed by atoms with Crippen LogP contribution < -0.4 is 11.1 Å². The molecule has 0 fully saturated rings. The highest BCUT2D eigenvalue weighted by Gasteiger charge is 2.03. The van der Waals surface area contributed by atoms with Gasteiger partial charge in [0.15, 0.2) is 0 Å². The summed E-state index contributed by atoms with van der Waals surface area (Å²) < 4.78 is 0. The Hall–Kier alpha value is -1.51. The van der Waals surface area contributed by atoms with Crippen molar-refractivity contribution in [2.75, 3.05) is 11.9 Å². The van der Waals surface area contributed by atoms with Crippen molar-refractivity contribution in [3.8, 4) is 0 Å². The van der Waals surface area contributed by atoms with E-state index in [2.05, 4.69) is 5.32 Å². The fourth-order valence-electron chi connectivity index (χ4n) is 1.23. The number of anilines is 1. The number of hydrogen-bond acceptors (Lipinski definition) is 2. The van der Waals surface area contributed by atoms with Crippen LogP contribution in [0.15, 0.2) is 18.2 Å². The van der Waals surface area contributed by atoms with Crippen LogP contribution in [0.1, 0.15) is 45.7 Å². The Morgan fingerprint density at radius 2 is 1.76 bits per heavy atom. The van der Waals surface area contributed by atoms with Gasteiger partial charge in [-0.25, -0.2) is 0 Å². The van der Waals surface area contributed by atoms with Gasteiger partial charge in [0.05, 0.1) is 0 Å². The highest BCUT2D eigenvalue weighted by Crippen LogP contribution is 2.16. The fraction of sp³-hybridized carbons (Fsp3) is 0.500. The van der Waals surface area contributed by atoms with Gasteiger partial charge in [0.2, 0.25) is 0 Å². The van der Waals surface area contributed by atoms with Crippen molar-refractivity contribution in [3.63, 3.8) is 0 Å². The molecule has 0 heterocycles. The Kier molecular flexibility index (Phi) is 11.6. The summed E-state index contributed by atoms with van der Waals surface area (Å²) in [5, 5.41) is 10.5. The standard InChI is InChI=1S/C10H15N3.2C2H6/c1-3-13-9-6-7(2)4-5-8(9)10(11)12;2*1-2/h4-6,13H,3H2,1-2H3,(H3,11,12);2*1-2H3. The lowest BCUT2D eigenvalue weighted by atomic mass is 10.1. The number of amidine groups is 1. The molecule has 0 bridgehead atoms. The first kappa shape index (κ1) is 17.9. The Labute approximate surface area is 106 Å². The zero-order chi connectivity index (χ0) is 13.8. The summed E-state index contributed by atoms with van der Waals surface area (Å²) >= 11 is 0. The van der Waals surface area contributed by atoms with Crippen LogP contribution in [-0.4, -0.2) is 12.4 Å². The van der Waals surface area contributed by atoms with Crippen molar-refractivity contribution >= 4 is 11.5 Å². The molecule has 17 heavy (non-hydrogen) atoms. The normalized spacial score (nSPS) is 8.12. The highest BCUT2D eigenvalue weighted by atomic mass is 14.9. The molecule has 1 aromatic carbocycles. The maximum atomic E-state index is 7.36. The Balaban J connectivity index is 0. The second kappa shape index (κ2) is 11.0. The average molecular weight is 237 g/mol. The Morgan fingerprint density at radius 1 is 1.24 bits per heavy atom. The maximum absolute atomic E-state index is 7.36. The van der Waals surface area contributed by atoms with Crippen molar-refractivity contribution in [2.45, 2.75) is 41.5 Å². The van der Waals surface area contributed by atoms with Gasteiger partial charge in [-0.05, 0) is 31.5 Å². The number of nitrogen functional groups attached to an aromatic ring is 1. The first-order valence-electron chi connectivity index (χ1n) is 6.34. The molecule has 3 heteroatoms. The van der Waals surface area contributed by atoms with Crippen molar-refractivity contribution in [2.24, 2.45) is 5.73 Å². The topological polar surface area (TPSA) is 61.9 Å². The summed E-state index contributed by atoms with van der Waals surface area (Å²) in [6, 6.07) is 5.83. The molecule has 3 nitrogen and oxygen atoms in total. The van der Waals surface area contributed by atoms with Crippen LogP contribution in [0.5, 0.6) is 0 Å². The summed E-state index contributed by atoms with van der Waals surface area (Å²) in [6.07, 6.45) is 0. The fourth-order valence-corrected chi connectivity index (χ4v) is 1.23. The molecule has 0 aliphatic heterocycles. The molecule has 0 radical (unpaired) electrons. The Bertz CT molecular complexity index is 319. The van der Waals surface area contributed by atoms with Gasteiger partial charge in [-0.3, -0.25) is 5.41 Å². The Morgan fingerprint density at radius 3 is 2.18 bits per heavy atom. The molecule has 0 aliphatic carbocycles. The summed E-state index contributed by atoms with van der Waals surface area (Å²) in [7, 11) is 0. The lowest BCUT2D eigenvalue weighted by Gasteiger charge is -2.09. The average Bonchev–Trinajstić information content (AvgIpc) is 2.34. The van der Waals surface area contributed by atoms with E-state index in [0.29, 0.717) is 0 Å². The number of rotatable bonds is 3. The smallest absolute Gasteiger partial charge is 0.124 e. The van der Waals surface area contributed by atoms with Crippen molar-refractivity contribution < 1.29 is 0 Å². The first-order chi connectivity index (χ1) is 8.15. The second-order valence-corrected chi connectivity index (χ2v) is 2.99. The van der Waals surface area contributed by atoms with Gasteiger partial charge < -0.3 is 11.1 Å². The van der Waals surface area contributed by atoms with Crippen LogP contribution in [0.25, 0.3) is 0 Å². The van der Waals surface area contributed by atoms with Crippen molar-refractivity contribution in [1.82, 2.24) is 0 Å². The molecular formula is C14H27N3. The van der Waals surface area contributed by atoms with E-state index >= 15 is 0 Å². The van der Waals surface area contributed by atoms with E-state index in [1.54, 1.807) is 0 Å². The predicted octanol–water partition coefficient (Wildman–Crippen LogP) is 3.76. The third-order valence-electron chi connectivity index (χ3n) is 1.83. The third kappa shape index (κ3) is 6.61. The number of hydrogen-bond donors (Lipinski definition) is 3. The molecule has 0 aliphatic rings. The molecular weight excluding hydrogens is 210 g/mol. The minimum Gasteiger partial charge on any atom is -0.385 e. The molecule has 0 amide bonds. The van der Waals surface area contributed by atoms with Crippen LogP contribution in [-0.2, 0) is 0 Å². The molecule has 4 N–H and O–H groups in total. The number of benzene rings is 1. The molecule has 98 valence electrons. The quantitative estimate of drug-likeness (QED) is 0.553. The summed E-state index contributed by atoms with van der Waals surface area (Å²) in [5.41, 5.74) is 8.32. The molecule has 0 aromatic heterocycles. The minimum atomic E-state index is 0.107. The first-order valence-corrected chi connectivity index (χ1v) is 6.34. The number of nitrogens with two attached hydrogens (primary N) is 1. The van der Waals surface area contributed by atoms with E-state index in [1.807, 2.05) is 59.7 Å². The van der Waals surface area contributed by atoms with Crippen LogP contribution in [0.3, 0.4) is 0 Å². The number of aryl methyl sites for hydroxylation is 1. The second-order valence-electron chi connectivity index (χ2n) is 2.99. The van der Waals surface area contributed by atoms with Crippen LogP contribution in [0.4, 0.5) is 5.69 Å². The SMILES string of the molecule is CC.CC.CCNc1cc(C)ccc1C(=N)N. The van der Waals surface area contributed by atoms with E-state index in [0.717, 1.165) is 17.8 Å². The zero-order valence-corrected chi connectivity index (χ0v) is 12.0. The van der Waals surface area contributed by atoms with E-state index < -0.39 is 0 Å². The van der Waals surface area contributed by atoms with E-state index in [9.17, 15) is 0 Å². The van der Waals surface area contributed by atoms with Crippen molar-refractivity contribution in [3.05, 3.63) is 29.3 Å². The van der Waals surface area contributed by atoms with Gasteiger partial charge in [-0.2, -0.15) is 0 Å². The summed E-state index contributed by atoms with van der Waals surface area (Å²) in [5.74, 6) is 0.107. The molecule has 0 atom stereocenters. The van der Waals surface area contributed by atoms with Gasteiger partial charge in [0.25, 0.3) is 0 Å². The zero-order valence-electron chi connectivity index (χ0n) is 12.0. The van der Waals surface area contributed by atoms with Gasteiger partial charge in [-0.1, -0.05) is 33.8 Å². The van der Waals surface area contributed by atoms with E-state index in [4.69, 9.17) is 11.1 Å². The lowest BCUT2D eigenvalue weighted by Crippen LogP contribution is -2.14. The van der Waals surface area contributed by atoms with Crippen LogP contribution >= 0.6 is 0 Å². The summed E-state index contributed by atoms with van der Waals surface area (Å²) in [4.78, 5) is 0. The highest BCUT2D eigenvalue weighted by molar-refractivity contribution is 6.00. The minimum absolute atomic E-state index is 0.107. The molecule has 1 aromatic rings. The summed E-state index contributed by atoms with van der Waals surface area (Å²) in [6.45, 7) is 12.9. The lowest BCUT2D eigenvalue weighted by molar-refractivity contribution is 1.20. The van der Waals surface area contributed by atoms with E-state index in [-0.39, 0.29) is 5.84 Å². The maximum Gasteiger partial charge on any atom is 0.124 e. The van der Waals surface area contributed by atoms with Gasteiger partial charge in [0.1, 0.15) is 5.84 Å². The monoisotopic (exact) mass is 237 g/mol. The molecule has 1 rings (SSSR count). The van der Waals surface area contributed by atoms with Gasteiger partial charge >= 0.3 is 0 Å². The van der Waals surface area contributed by atoms with Crippen molar-refractivity contribution in [1.29, 1.82) is 5.41 Å². The molecule has 0 saturated heterocycles. The van der Waals surface area contributed by atoms with Crippen LogP contribution in [0, 0.1) is 12.3 Å². The molecule has 0 saturated carbocycles. The predicted molar refractivity (Wildman–Crippen MR) is 79.1 cm³/mol. The van der Waals surface area contributed by atoms with E-state index in [1.165, 1.54) is 5.56 Å².